The molecule has 3 aromatic heterocycles. The number of aromatic nitrogens is 5. The Hall–Kier alpha value is -1.47. The van der Waals surface area contributed by atoms with Crippen molar-refractivity contribution in [3.05, 3.63) is 23.7 Å². The molecule has 0 saturated carbocycles. The Kier molecular flexibility index (Phi) is 2.33. The van der Waals surface area contributed by atoms with Crippen molar-refractivity contribution in [2.75, 3.05) is 0 Å². The van der Waals surface area contributed by atoms with E-state index in [1.807, 2.05) is 12.3 Å². The van der Waals surface area contributed by atoms with Gasteiger partial charge in [0.05, 0.1) is 6.33 Å². The van der Waals surface area contributed by atoms with Crippen LogP contribution < -0.4 is 0 Å². The molecule has 16 heavy (non-hydrogen) atoms. The Labute approximate surface area is 99.4 Å². The van der Waals surface area contributed by atoms with E-state index in [4.69, 9.17) is 0 Å². The van der Waals surface area contributed by atoms with E-state index in [0.717, 1.165) is 20.6 Å². The lowest BCUT2D eigenvalue weighted by atomic mass is 10.6. The predicted molar refractivity (Wildman–Crippen MR) is 62.7 cm³/mol. The monoisotopic (exact) mass is 249 g/mol. The molecule has 80 valence electrons. The third-order valence-corrected chi connectivity index (χ3v) is 4.03. The van der Waals surface area contributed by atoms with Crippen LogP contribution in [0.5, 0.6) is 0 Å². The van der Waals surface area contributed by atoms with E-state index < -0.39 is 0 Å². The number of rotatable bonds is 2. The van der Waals surface area contributed by atoms with Gasteiger partial charge >= 0.3 is 0 Å². The van der Waals surface area contributed by atoms with Crippen LogP contribution in [-0.4, -0.2) is 24.9 Å². The van der Waals surface area contributed by atoms with Crippen LogP contribution in [-0.2, 0) is 0 Å². The quantitative estimate of drug-likeness (QED) is 0.706. The summed E-state index contributed by atoms with van der Waals surface area (Å²) in [6.45, 7) is 1.98. The molecule has 0 radical (unpaired) electrons. The van der Waals surface area contributed by atoms with E-state index in [0.29, 0.717) is 5.65 Å². The zero-order valence-electron chi connectivity index (χ0n) is 8.34. The minimum atomic E-state index is 0.686. The van der Waals surface area contributed by atoms with Gasteiger partial charge in [0.1, 0.15) is 16.9 Å². The molecular formula is C9H7N5S2. The van der Waals surface area contributed by atoms with Crippen molar-refractivity contribution in [1.82, 2.24) is 24.9 Å². The molecule has 0 fully saturated rings. The molecule has 0 aromatic carbocycles. The Bertz CT molecular complexity index is 629. The average molecular weight is 249 g/mol. The van der Waals surface area contributed by atoms with Crippen molar-refractivity contribution < 1.29 is 0 Å². The van der Waals surface area contributed by atoms with E-state index in [1.54, 1.807) is 17.7 Å². The number of nitrogens with zero attached hydrogens (tertiary/aromatic N) is 4. The molecule has 0 amide bonds. The van der Waals surface area contributed by atoms with Crippen LogP contribution in [0.2, 0.25) is 0 Å². The third-order valence-electron chi connectivity index (χ3n) is 1.97. The van der Waals surface area contributed by atoms with Crippen molar-refractivity contribution in [1.29, 1.82) is 0 Å². The molecule has 0 aliphatic carbocycles. The summed E-state index contributed by atoms with van der Waals surface area (Å²) in [6.07, 6.45) is 3.14. The topological polar surface area (TPSA) is 67.3 Å². The Morgan fingerprint density at radius 3 is 3.06 bits per heavy atom. The van der Waals surface area contributed by atoms with Crippen LogP contribution >= 0.6 is 23.1 Å². The van der Waals surface area contributed by atoms with Gasteiger partial charge in [-0.25, -0.2) is 19.9 Å². The highest BCUT2D eigenvalue weighted by Crippen LogP contribution is 2.31. The first-order valence-electron chi connectivity index (χ1n) is 4.57. The molecule has 7 heteroatoms. The lowest BCUT2D eigenvalue weighted by Crippen LogP contribution is -1.85. The summed E-state index contributed by atoms with van der Waals surface area (Å²) >= 11 is 3.14. The molecule has 0 bridgehead atoms. The minimum absolute atomic E-state index is 0.686. The second-order valence-electron chi connectivity index (χ2n) is 3.14. The van der Waals surface area contributed by atoms with E-state index in [9.17, 15) is 0 Å². The van der Waals surface area contributed by atoms with Gasteiger partial charge in [0.15, 0.2) is 9.99 Å². The molecule has 0 saturated heterocycles. The number of fused-ring (bicyclic) bond motifs is 1. The highest BCUT2D eigenvalue weighted by molar-refractivity contribution is 8.01. The van der Waals surface area contributed by atoms with Crippen LogP contribution in [0.3, 0.4) is 0 Å². The molecule has 1 N–H and O–H groups in total. The zero-order chi connectivity index (χ0) is 11.0. The Morgan fingerprint density at radius 2 is 2.25 bits per heavy atom. The summed E-state index contributed by atoms with van der Waals surface area (Å²) in [5.74, 6) is 0. The maximum absolute atomic E-state index is 4.38. The summed E-state index contributed by atoms with van der Waals surface area (Å²) in [7, 11) is 0. The van der Waals surface area contributed by atoms with Gasteiger partial charge in [-0.2, -0.15) is 0 Å². The first-order valence-corrected chi connectivity index (χ1v) is 6.26. The van der Waals surface area contributed by atoms with Crippen LogP contribution in [0.25, 0.3) is 11.2 Å². The number of aryl methyl sites for hydroxylation is 1. The van der Waals surface area contributed by atoms with Crippen molar-refractivity contribution in [3.63, 3.8) is 0 Å². The highest BCUT2D eigenvalue weighted by Gasteiger charge is 2.09. The van der Waals surface area contributed by atoms with Crippen molar-refractivity contribution in [2.45, 2.75) is 16.3 Å². The summed E-state index contributed by atoms with van der Waals surface area (Å²) < 4.78 is 0.979. The SMILES string of the molecule is Cc1csc(Sc2ncnc3nc[nH]c23)n1. The number of hydrogen-bond donors (Lipinski definition) is 1. The molecule has 3 aromatic rings. The fourth-order valence-electron chi connectivity index (χ4n) is 1.28. The summed E-state index contributed by atoms with van der Waals surface area (Å²) in [6, 6.07) is 0. The first-order chi connectivity index (χ1) is 7.83. The van der Waals surface area contributed by atoms with Gasteiger partial charge in [0.25, 0.3) is 0 Å². The van der Waals surface area contributed by atoms with Gasteiger partial charge in [-0.05, 0) is 18.7 Å². The largest absolute Gasteiger partial charge is 0.341 e. The number of aromatic amines is 1. The number of imidazole rings is 1. The molecule has 5 nitrogen and oxygen atoms in total. The second kappa shape index (κ2) is 3.84. The summed E-state index contributed by atoms with van der Waals surface area (Å²) in [4.78, 5) is 19.8. The summed E-state index contributed by atoms with van der Waals surface area (Å²) in [5, 5.41) is 2.88. The maximum atomic E-state index is 4.38. The number of nitrogens with one attached hydrogen (secondary N) is 1. The smallest absolute Gasteiger partial charge is 0.181 e. The van der Waals surface area contributed by atoms with Gasteiger partial charge in [-0.3, -0.25) is 0 Å². The van der Waals surface area contributed by atoms with E-state index in [-0.39, 0.29) is 0 Å². The summed E-state index contributed by atoms with van der Waals surface area (Å²) in [5.41, 5.74) is 2.58. The predicted octanol–water partition coefficient (Wildman–Crippen LogP) is 2.27. The van der Waals surface area contributed by atoms with Crippen molar-refractivity contribution >= 4 is 34.3 Å². The molecule has 3 rings (SSSR count). The molecule has 0 aliphatic rings. The van der Waals surface area contributed by atoms with Crippen LogP contribution in [0, 0.1) is 6.92 Å². The minimum Gasteiger partial charge on any atom is -0.341 e. The Balaban J connectivity index is 2.03. The molecule has 0 spiro atoms. The van der Waals surface area contributed by atoms with E-state index >= 15 is 0 Å². The Morgan fingerprint density at radius 1 is 1.31 bits per heavy atom. The average Bonchev–Trinajstić information content (AvgIpc) is 2.87. The van der Waals surface area contributed by atoms with Crippen LogP contribution in [0.1, 0.15) is 5.69 Å². The zero-order valence-corrected chi connectivity index (χ0v) is 9.97. The van der Waals surface area contributed by atoms with Gasteiger partial charge in [0.2, 0.25) is 0 Å². The van der Waals surface area contributed by atoms with Gasteiger partial charge in [0, 0.05) is 11.1 Å². The molecular weight excluding hydrogens is 242 g/mol. The lowest BCUT2D eigenvalue weighted by molar-refractivity contribution is 1.08. The third kappa shape index (κ3) is 1.68. The fourth-order valence-corrected chi connectivity index (χ4v) is 3.08. The molecule has 3 heterocycles. The lowest BCUT2D eigenvalue weighted by Gasteiger charge is -1.96. The molecule has 0 unspecified atom stereocenters. The second-order valence-corrected chi connectivity index (χ2v) is 5.23. The van der Waals surface area contributed by atoms with Crippen molar-refractivity contribution in [2.24, 2.45) is 0 Å². The number of thiazole rings is 1. The van der Waals surface area contributed by atoms with E-state index in [1.165, 1.54) is 18.1 Å². The molecule has 0 aliphatic heterocycles. The van der Waals surface area contributed by atoms with E-state index in [2.05, 4.69) is 24.9 Å². The number of H-pyrrole nitrogens is 1. The highest BCUT2D eigenvalue weighted by atomic mass is 32.2. The van der Waals surface area contributed by atoms with Gasteiger partial charge < -0.3 is 4.98 Å². The standard InChI is InChI=1S/C9H7N5S2/c1-5-2-15-9(14-5)16-8-6-7(11-3-10-6)12-4-13-8/h2-4H,1H3,(H,10,11,12,13). The number of hydrogen-bond acceptors (Lipinski definition) is 6. The first kappa shape index (κ1) is 9.73. The molecule has 0 atom stereocenters. The van der Waals surface area contributed by atoms with Crippen LogP contribution in [0.4, 0.5) is 0 Å². The van der Waals surface area contributed by atoms with Crippen LogP contribution in [0.15, 0.2) is 27.4 Å². The van der Waals surface area contributed by atoms with Crippen molar-refractivity contribution in [3.8, 4) is 0 Å². The van der Waals surface area contributed by atoms with Gasteiger partial charge in [-0.1, -0.05) is 0 Å². The maximum Gasteiger partial charge on any atom is 0.181 e. The normalized spacial score (nSPS) is 11.1. The van der Waals surface area contributed by atoms with Gasteiger partial charge in [-0.15, -0.1) is 11.3 Å². The fraction of sp³-hybridized carbons (Fsp3) is 0.111.